The van der Waals surface area contributed by atoms with Crippen molar-refractivity contribution in [2.45, 2.75) is 44.7 Å². The van der Waals surface area contributed by atoms with Crippen LogP contribution in [0.1, 0.15) is 37.7 Å². The number of aliphatic hydroxyl groups excluding tert-OH is 1. The van der Waals surface area contributed by atoms with Crippen LogP contribution in [0.3, 0.4) is 0 Å². The first kappa shape index (κ1) is 13.7. The van der Waals surface area contributed by atoms with E-state index in [1.54, 1.807) is 0 Å². The topological polar surface area (TPSA) is 41.9 Å². The van der Waals surface area contributed by atoms with Crippen LogP contribution in [0, 0.1) is 0 Å². The molecule has 1 heterocycles. The molecule has 4 nitrogen and oxygen atoms in total. The molecule has 1 aliphatic heterocycles. The van der Waals surface area contributed by atoms with E-state index in [0.717, 1.165) is 24.6 Å². The van der Waals surface area contributed by atoms with E-state index < -0.39 is 0 Å². The van der Waals surface area contributed by atoms with Crippen LogP contribution in [0.4, 0.5) is 0 Å². The Kier molecular flexibility index (Phi) is 4.43. The van der Waals surface area contributed by atoms with Crippen molar-refractivity contribution >= 4 is 0 Å². The fourth-order valence-electron chi connectivity index (χ4n) is 3.24. The average Bonchev–Trinajstić information content (AvgIpc) is 2.95. The van der Waals surface area contributed by atoms with Crippen LogP contribution >= 0.6 is 0 Å². The van der Waals surface area contributed by atoms with Crippen LogP contribution in [0.2, 0.25) is 0 Å². The molecule has 0 unspecified atom stereocenters. The van der Waals surface area contributed by atoms with E-state index in [0.29, 0.717) is 12.8 Å². The second kappa shape index (κ2) is 6.46. The first-order chi connectivity index (χ1) is 9.86. The maximum Gasteiger partial charge on any atom is 0.231 e. The average molecular weight is 277 g/mol. The molecule has 20 heavy (non-hydrogen) atoms. The lowest BCUT2D eigenvalue weighted by Crippen LogP contribution is -2.38. The Balaban J connectivity index is 1.68. The molecule has 4 heteroatoms. The predicted octanol–water partition coefficient (Wildman–Crippen LogP) is 2.54. The molecule has 0 radical (unpaired) electrons. The maximum atomic E-state index is 9.31. The SMILES string of the molecule is OCCN(Cc1ccc2c(c1)OCO2)C1CCCCC1. The largest absolute Gasteiger partial charge is 0.454 e. The van der Waals surface area contributed by atoms with Gasteiger partial charge in [0.15, 0.2) is 11.5 Å². The van der Waals surface area contributed by atoms with Crippen LogP contribution < -0.4 is 9.47 Å². The van der Waals surface area contributed by atoms with Crippen LogP contribution in [-0.4, -0.2) is 36.0 Å². The summed E-state index contributed by atoms with van der Waals surface area (Å²) in [4.78, 5) is 2.41. The highest BCUT2D eigenvalue weighted by molar-refractivity contribution is 5.44. The van der Waals surface area contributed by atoms with Crippen molar-refractivity contribution in [3.63, 3.8) is 0 Å². The van der Waals surface area contributed by atoms with Gasteiger partial charge in [-0.2, -0.15) is 0 Å². The molecule has 0 saturated heterocycles. The summed E-state index contributed by atoms with van der Waals surface area (Å²) in [5.41, 5.74) is 1.23. The summed E-state index contributed by atoms with van der Waals surface area (Å²) in [6.45, 7) is 2.17. The van der Waals surface area contributed by atoms with Gasteiger partial charge in [0.1, 0.15) is 0 Å². The van der Waals surface area contributed by atoms with Gasteiger partial charge in [-0.1, -0.05) is 25.3 Å². The molecule has 110 valence electrons. The monoisotopic (exact) mass is 277 g/mol. The Labute approximate surface area is 120 Å². The third-order valence-corrected chi connectivity index (χ3v) is 4.30. The van der Waals surface area contributed by atoms with Gasteiger partial charge in [0.2, 0.25) is 6.79 Å². The lowest BCUT2D eigenvalue weighted by molar-refractivity contribution is 0.117. The van der Waals surface area contributed by atoms with Gasteiger partial charge < -0.3 is 14.6 Å². The zero-order valence-electron chi connectivity index (χ0n) is 11.9. The van der Waals surface area contributed by atoms with Gasteiger partial charge in [-0.25, -0.2) is 0 Å². The van der Waals surface area contributed by atoms with Gasteiger partial charge in [-0.15, -0.1) is 0 Å². The normalized spacial score (nSPS) is 18.7. The van der Waals surface area contributed by atoms with Crippen molar-refractivity contribution in [1.29, 1.82) is 0 Å². The minimum atomic E-state index is 0.223. The lowest BCUT2D eigenvalue weighted by atomic mass is 9.94. The summed E-state index contributed by atoms with van der Waals surface area (Å²) in [6.07, 6.45) is 6.49. The second-order valence-electron chi connectivity index (χ2n) is 5.67. The molecular weight excluding hydrogens is 254 g/mol. The van der Waals surface area contributed by atoms with Crippen molar-refractivity contribution in [2.75, 3.05) is 19.9 Å². The predicted molar refractivity (Wildman–Crippen MR) is 76.9 cm³/mol. The fourth-order valence-corrected chi connectivity index (χ4v) is 3.24. The summed E-state index contributed by atoms with van der Waals surface area (Å²) in [5.74, 6) is 1.68. The van der Waals surface area contributed by atoms with E-state index in [2.05, 4.69) is 17.0 Å². The number of ether oxygens (including phenoxy) is 2. The van der Waals surface area contributed by atoms with Crippen molar-refractivity contribution in [3.05, 3.63) is 23.8 Å². The van der Waals surface area contributed by atoms with Gasteiger partial charge in [0.25, 0.3) is 0 Å². The number of rotatable bonds is 5. The van der Waals surface area contributed by atoms with Gasteiger partial charge in [0, 0.05) is 19.1 Å². The highest BCUT2D eigenvalue weighted by Gasteiger charge is 2.21. The molecule has 0 atom stereocenters. The summed E-state index contributed by atoms with van der Waals surface area (Å²) in [6, 6.07) is 6.76. The first-order valence-electron chi connectivity index (χ1n) is 7.60. The van der Waals surface area contributed by atoms with E-state index in [1.165, 1.54) is 37.7 Å². The summed E-state index contributed by atoms with van der Waals surface area (Å²) in [7, 11) is 0. The van der Waals surface area contributed by atoms with E-state index in [4.69, 9.17) is 9.47 Å². The summed E-state index contributed by atoms with van der Waals surface area (Å²) >= 11 is 0. The van der Waals surface area contributed by atoms with E-state index >= 15 is 0 Å². The first-order valence-corrected chi connectivity index (χ1v) is 7.60. The molecule has 1 N–H and O–H groups in total. The van der Waals surface area contributed by atoms with E-state index in [-0.39, 0.29) is 6.61 Å². The Morgan fingerprint density at radius 3 is 2.70 bits per heavy atom. The van der Waals surface area contributed by atoms with Crippen LogP contribution in [0.5, 0.6) is 11.5 Å². The molecule has 0 bridgehead atoms. The van der Waals surface area contributed by atoms with Crippen LogP contribution in [-0.2, 0) is 6.54 Å². The van der Waals surface area contributed by atoms with E-state index in [9.17, 15) is 5.11 Å². The highest BCUT2D eigenvalue weighted by atomic mass is 16.7. The molecule has 1 fully saturated rings. The Morgan fingerprint density at radius 1 is 1.10 bits per heavy atom. The minimum Gasteiger partial charge on any atom is -0.454 e. The van der Waals surface area contributed by atoms with Crippen LogP contribution in [0.15, 0.2) is 18.2 Å². The third kappa shape index (κ3) is 3.07. The molecule has 0 amide bonds. The van der Waals surface area contributed by atoms with Crippen molar-refractivity contribution in [3.8, 4) is 11.5 Å². The van der Waals surface area contributed by atoms with Crippen molar-refractivity contribution < 1.29 is 14.6 Å². The molecule has 0 aromatic heterocycles. The maximum absolute atomic E-state index is 9.31. The number of hydrogen-bond donors (Lipinski definition) is 1. The highest BCUT2D eigenvalue weighted by Crippen LogP contribution is 2.33. The van der Waals surface area contributed by atoms with Gasteiger partial charge in [-0.05, 0) is 30.5 Å². The Morgan fingerprint density at radius 2 is 1.90 bits per heavy atom. The summed E-state index contributed by atoms with van der Waals surface area (Å²) < 4.78 is 10.8. The number of hydrogen-bond acceptors (Lipinski definition) is 4. The molecule has 2 aliphatic rings. The summed E-state index contributed by atoms with van der Waals surface area (Å²) in [5, 5.41) is 9.31. The fraction of sp³-hybridized carbons (Fsp3) is 0.625. The van der Waals surface area contributed by atoms with Gasteiger partial charge in [0.05, 0.1) is 6.61 Å². The quantitative estimate of drug-likeness (QED) is 0.898. The van der Waals surface area contributed by atoms with Crippen molar-refractivity contribution in [1.82, 2.24) is 4.90 Å². The number of benzene rings is 1. The third-order valence-electron chi connectivity index (χ3n) is 4.30. The Hall–Kier alpha value is -1.26. The number of nitrogens with zero attached hydrogens (tertiary/aromatic N) is 1. The molecule has 0 spiro atoms. The molecule has 3 rings (SSSR count). The smallest absolute Gasteiger partial charge is 0.231 e. The minimum absolute atomic E-state index is 0.223. The molecule has 1 aromatic rings. The number of fused-ring (bicyclic) bond motifs is 1. The molecular formula is C16H23NO3. The molecule has 1 aromatic carbocycles. The number of aliphatic hydroxyl groups is 1. The van der Waals surface area contributed by atoms with Crippen molar-refractivity contribution in [2.24, 2.45) is 0 Å². The molecule has 1 saturated carbocycles. The van der Waals surface area contributed by atoms with Gasteiger partial charge in [-0.3, -0.25) is 4.90 Å². The van der Waals surface area contributed by atoms with Crippen LogP contribution in [0.25, 0.3) is 0 Å². The standard InChI is InChI=1S/C16H23NO3/c18-9-8-17(14-4-2-1-3-5-14)11-13-6-7-15-16(10-13)20-12-19-15/h6-7,10,14,18H,1-5,8-9,11-12H2. The zero-order valence-corrected chi connectivity index (χ0v) is 11.9. The second-order valence-corrected chi connectivity index (χ2v) is 5.67. The molecule has 1 aliphatic carbocycles. The Bertz CT molecular complexity index is 443. The van der Waals surface area contributed by atoms with E-state index in [1.807, 2.05) is 6.07 Å². The zero-order chi connectivity index (χ0) is 13.8. The lowest BCUT2D eigenvalue weighted by Gasteiger charge is -2.34. The van der Waals surface area contributed by atoms with Gasteiger partial charge >= 0.3 is 0 Å².